The number of benzene rings is 2. The summed E-state index contributed by atoms with van der Waals surface area (Å²) in [6, 6.07) is 14.4. The van der Waals surface area contributed by atoms with Gasteiger partial charge >= 0.3 is 0 Å². The minimum Gasteiger partial charge on any atom is -0.495 e. The Hall–Kier alpha value is -1.51. The molecule has 0 saturated heterocycles. The quantitative estimate of drug-likeness (QED) is 0.912. The van der Waals surface area contributed by atoms with Crippen molar-refractivity contribution in [2.45, 2.75) is 13.0 Å². The summed E-state index contributed by atoms with van der Waals surface area (Å²) < 4.78 is 5.19. The number of aryl methyl sites for hydroxylation is 1. The summed E-state index contributed by atoms with van der Waals surface area (Å²) in [6.07, 6.45) is 0. The third-order valence-electron chi connectivity index (χ3n) is 3.30. The molecule has 0 saturated carbocycles. The molecule has 0 heterocycles. The number of hydrogen-bond acceptors (Lipinski definition) is 2. The van der Waals surface area contributed by atoms with Crippen LogP contribution in [0.3, 0.4) is 0 Å². The van der Waals surface area contributed by atoms with Gasteiger partial charge in [-0.3, -0.25) is 0 Å². The molecule has 0 spiro atoms. The van der Waals surface area contributed by atoms with Crippen molar-refractivity contribution in [3.8, 4) is 5.75 Å². The van der Waals surface area contributed by atoms with Crippen molar-refractivity contribution in [3.63, 3.8) is 0 Å². The van der Waals surface area contributed by atoms with Crippen LogP contribution in [-0.2, 0) is 0 Å². The van der Waals surface area contributed by atoms with Crippen LogP contribution >= 0.6 is 11.6 Å². The molecular formula is C16H18ClNO. The molecule has 3 heteroatoms. The summed E-state index contributed by atoms with van der Waals surface area (Å²) in [4.78, 5) is 0. The van der Waals surface area contributed by atoms with E-state index in [1.807, 2.05) is 31.3 Å². The lowest BCUT2D eigenvalue weighted by Crippen LogP contribution is -2.18. The van der Waals surface area contributed by atoms with Crippen molar-refractivity contribution in [2.75, 3.05) is 14.2 Å². The van der Waals surface area contributed by atoms with Crippen LogP contribution in [0.5, 0.6) is 5.75 Å². The van der Waals surface area contributed by atoms with Crippen molar-refractivity contribution in [3.05, 3.63) is 64.2 Å². The van der Waals surface area contributed by atoms with Gasteiger partial charge in [0, 0.05) is 0 Å². The van der Waals surface area contributed by atoms with E-state index in [1.54, 1.807) is 7.11 Å². The van der Waals surface area contributed by atoms with Crippen LogP contribution in [0.25, 0.3) is 0 Å². The first kappa shape index (κ1) is 13.9. The molecule has 0 radical (unpaired) electrons. The molecule has 0 bridgehead atoms. The number of ether oxygens (including phenoxy) is 1. The normalized spacial score (nSPS) is 12.2. The fourth-order valence-corrected chi connectivity index (χ4v) is 2.54. The number of hydrogen-bond donors (Lipinski definition) is 1. The Balaban J connectivity index is 2.43. The molecule has 2 rings (SSSR count). The lowest BCUT2D eigenvalue weighted by Gasteiger charge is -2.20. The first-order valence-corrected chi connectivity index (χ1v) is 6.61. The molecule has 19 heavy (non-hydrogen) atoms. The second kappa shape index (κ2) is 6.09. The van der Waals surface area contributed by atoms with Crippen LogP contribution < -0.4 is 10.1 Å². The van der Waals surface area contributed by atoms with Crippen LogP contribution in [0.1, 0.15) is 22.7 Å². The monoisotopic (exact) mass is 275 g/mol. The predicted octanol–water partition coefficient (Wildman–Crippen LogP) is 3.97. The molecule has 0 aliphatic carbocycles. The van der Waals surface area contributed by atoms with Crippen molar-refractivity contribution >= 4 is 11.6 Å². The fourth-order valence-electron chi connectivity index (χ4n) is 2.27. The molecule has 1 N–H and O–H groups in total. The Bertz CT molecular complexity index is 568. The van der Waals surface area contributed by atoms with E-state index in [1.165, 1.54) is 11.1 Å². The molecule has 2 nitrogen and oxygen atoms in total. The van der Waals surface area contributed by atoms with Crippen molar-refractivity contribution in [2.24, 2.45) is 0 Å². The van der Waals surface area contributed by atoms with Crippen LogP contribution in [0, 0.1) is 6.92 Å². The molecule has 0 aliphatic rings. The first-order valence-electron chi connectivity index (χ1n) is 6.23. The van der Waals surface area contributed by atoms with Gasteiger partial charge in [-0.2, -0.15) is 0 Å². The number of halogens is 1. The predicted molar refractivity (Wildman–Crippen MR) is 80.1 cm³/mol. The van der Waals surface area contributed by atoms with Crippen LogP contribution in [0.4, 0.5) is 0 Å². The maximum atomic E-state index is 6.21. The van der Waals surface area contributed by atoms with Gasteiger partial charge < -0.3 is 10.1 Å². The molecule has 1 unspecified atom stereocenters. The topological polar surface area (TPSA) is 21.3 Å². The Morgan fingerprint density at radius 3 is 2.47 bits per heavy atom. The molecule has 0 aliphatic heterocycles. The molecule has 100 valence electrons. The fraction of sp³-hybridized carbons (Fsp3) is 0.250. The average molecular weight is 276 g/mol. The van der Waals surface area contributed by atoms with E-state index >= 15 is 0 Å². The highest BCUT2D eigenvalue weighted by molar-refractivity contribution is 6.32. The standard InChI is InChI=1S/C16H18ClNO/c1-11-6-4-5-7-13(11)16(18-2)12-8-9-15(19-3)14(17)10-12/h4-10,16,18H,1-3H3. The van der Waals surface area contributed by atoms with E-state index in [4.69, 9.17) is 16.3 Å². The molecule has 0 amide bonds. The van der Waals surface area contributed by atoms with Crippen LogP contribution in [0.15, 0.2) is 42.5 Å². The lowest BCUT2D eigenvalue weighted by molar-refractivity contribution is 0.414. The van der Waals surface area contributed by atoms with Gasteiger partial charge in [0.1, 0.15) is 5.75 Å². The van der Waals surface area contributed by atoms with E-state index in [0.717, 1.165) is 5.56 Å². The highest BCUT2D eigenvalue weighted by Crippen LogP contribution is 2.31. The van der Waals surface area contributed by atoms with Crippen molar-refractivity contribution < 1.29 is 4.74 Å². The number of nitrogens with one attached hydrogen (secondary N) is 1. The van der Waals surface area contributed by atoms with Gasteiger partial charge in [0.2, 0.25) is 0 Å². The molecule has 0 aromatic heterocycles. The Morgan fingerprint density at radius 1 is 1.16 bits per heavy atom. The van der Waals surface area contributed by atoms with Crippen molar-refractivity contribution in [1.29, 1.82) is 0 Å². The summed E-state index contributed by atoms with van der Waals surface area (Å²) in [5.41, 5.74) is 3.64. The first-order chi connectivity index (χ1) is 9.17. The highest BCUT2D eigenvalue weighted by atomic mass is 35.5. The third-order valence-corrected chi connectivity index (χ3v) is 3.59. The zero-order chi connectivity index (χ0) is 13.8. The van der Waals surface area contributed by atoms with Crippen LogP contribution in [-0.4, -0.2) is 14.2 Å². The van der Waals surface area contributed by atoms with E-state index in [2.05, 4.69) is 30.4 Å². The molecule has 0 fully saturated rings. The van der Waals surface area contributed by atoms with Gasteiger partial charge in [-0.25, -0.2) is 0 Å². The highest BCUT2D eigenvalue weighted by Gasteiger charge is 2.15. The SMILES string of the molecule is CNC(c1ccc(OC)c(Cl)c1)c1ccccc1C. The molecular weight excluding hydrogens is 258 g/mol. The third kappa shape index (κ3) is 2.91. The molecule has 2 aromatic rings. The largest absolute Gasteiger partial charge is 0.495 e. The lowest BCUT2D eigenvalue weighted by atomic mass is 9.95. The minimum absolute atomic E-state index is 0.129. The molecule has 1 atom stereocenters. The number of methoxy groups -OCH3 is 1. The van der Waals surface area contributed by atoms with Gasteiger partial charge in [-0.1, -0.05) is 41.9 Å². The Labute approximate surface area is 119 Å². The van der Waals surface area contributed by atoms with E-state index in [9.17, 15) is 0 Å². The maximum Gasteiger partial charge on any atom is 0.137 e. The number of rotatable bonds is 4. The van der Waals surface area contributed by atoms with Gasteiger partial charge in [0.15, 0.2) is 0 Å². The summed E-state index contributed by atoms with van der Waals surface area (Å²) in [7, 11) is 3.58. The second-order valence-electron chi connectivity index (χ2n) is 4.47. The Morgan fingerprint density at radius 2 is 1.89 bits per heavy atom. The van der Waals surface area contributed by atoms with Gasteiger partial charge in [-0.05, 0) is 42.8 Å². The summed E-state index contributed by atoms with van der Waals surface area (Å²) in [6.45, 7) is 2.12. The van der Waals surface area contributed by atoms with Gasteiger partial charge in [0.25, 0.3) is 0 Å². The average Bonchev–Trinajstić information content (AvgIpc) is 2.42. The minimum atomic E-state index is 0.129. The van der Waals surface area contributed by atoms with Crippen molar-refractivity contribution in [1.82, 2.24) is 5.32 Å². The maximum absolute atomic E-state index is 6.21. The second-order valence-corrected chi connectivity index (χ2v) is 4.88. The van der Waals surface area contributed by atoms with Crippen LogP contribution in [0.2, 0.25) is 5.02 Å². The smallest absolute Gasteiger partial charge is 0.137 e. The van der Waals surface area contributed by atoms with E-state index in [0.29, 0.717) is 10.8 Å². The van der Waals surface area contributed by atoms with E-state index < -0.39 is 0 Å². The summed E-state index contributed by atoms with van der Waals surface area (Å²) in [5.74, 6) is 0.699. The zero-order valence-corrected chi connectivity index (χ0v) is 12.2. The van der Waals surface area contributed by atoms with Gasteiger partial charge in [0.05, 0.1) is 18.2 Å². The summed E-state index contributed by atoms with van der Waals surface area (Å²) in [5, 5.41) is 3.97. The van der Waals surface area contributed by atoms with E-state index in [-0.39, 0.29) is 6.04 Å². The summed E-state index contributed by atoms with van der Waals surface area (Å²) >= 11 is 6.21. The molecule has 2 aromatic carbocycles. The Kier molecular flexibility index (Phi) is 4.46. The zero-order valence-electron chi connectivity index (χ0n) is 11.4. The van der Waals surface area contributed by atoms with Gasteiger partial charge in [-0.15, -0.1) is 0 Å².